The van der Waals surface area contributed by atoms with E-state index in [2.05, 4.69) is 10.6 Å². The average molecular weight is 369 g/mol. The van der Waals surface area contributed by atoms with Crippen molar-refractivity contribution < 1.29 is 14.7 Å². The first kappa shape index (κ1) is 21.5. The third-order valence-electron chi connectivity index (χ3n) is 4.09. The molecule has 0 fully saturated rings. The summed E-state index contributed by atoms with van der Waals surface area (Å²) in [5, 5.41) is 15.2. The molecule has 1 rings (SSSR count). The number of aliphatic hydroxyl groups excluding tert-OH is 1. The smallest absolute Gasteiger partial charge is 0.251 e. The molecule has 1 atom stereocenters. The molecule has 0 saturated heterocycles. The SMILES string of the molecule is CC(C)[C@@H](NC(=O)c1ccc(Cl)cc1)C(=O)NCC(C)(C)CCCO. The van der Waals surface area contributed by atoms with Crippen molar-refractivity contribution in [1.29, 1.82) is 0 Å². The lowest BCUT2D eigenvalue weighted by atomic mass is 9.87. The van der Waals surface area contributed by atoms with Gasteiger partial charge in [-0.25, -0.2) is 0 Å². The lowest BCUT2D eigenvalue weighted by Crippen LogP contribution is -2.51. The largest absolute Gasteiger partial charge is 0.396 e. The molecule has 0 unspecified atom stereocenters. The van der Waals surface area contributed by atoms with E-state index in [1.807, 2.05) is 27.7 Å². The molecule has 0 spiro atoms. The van der Waals surface area contributed by atoms with Crippen LogP contribution in [0.1, 0.15) is 50.9 Å². The second-order valence-electron chi connectivity index (χ2n) is 7.41. The number of hydrogen-bond donors (Lipinski definition) is 3. The van der Waals surface area contributed by atoms with Crippen molar-refractivity contribution in [2.75, 3.05) is 13.2 Å². The highest BCUT2D eigenvalue weighted by atomic mass is 35.5. The van der Waals surface area contributed by atoms with Crippen LogP contribution < -0.4 is 10.6 Å². The maximum atomic E-state index is 12.5. The van der Waals surface area contributed by atoms with E-state index in [4.69, 9.17) is 16.7 Å². The fraction of sp³-hybridized carbons (Fsp3) is 0.579. The van der Waals surface area contributed by atoms with E-state index < -0.39 is 6.04 Å². The Labute approximate surface area is 155 Å². The van der Waals surface area contributed by atoms with Crippen LogP contribution in [-0.2, 0) is 4.79 Å². The van der Waals surface area contributed by atoms with Gasteiger partial charge in [-0.2, -0.15) is 0 Å². The van der Waals surface area contributed by atoms with Gasteiger partial charge >= 0.3 is 0 Å². The Hall–Kier alpha value is -1.59. The number of benzene rings is 1. The van der Waals surface area contributed by atoms with Crippen LogP contribution in [0.2, 0.25) is 5.02 Å². The molecule has 0 radical (unpaired) electrons. The normalized spacial score (nSPS) is 12.8. The zero-order valence-electron chi connectivity index (χ0n) is 15.4. The second-order valence-corrected chi connectivity index (χ2v) is 7.85. The summed E-state index contributed by atoms with van der Waals surface area (Å²) in [7, 11) is 0. The minimum absolute atomic E-state index is 0.0446. The number of nitrogens with one attached hydrogen (secondary N) is 2. The standard InChI is InChI=1S/C19H29ClN2O3/c1-13(2)16(18(25)21-12-19(3,4)10-5-11-23)22-17(24)14-6-8-15(20)9-7-14/h6-9,13,16,23H,5,10-12H2,1-4H3,(H,21,25)(H,22,24)/t16-/m1/s1. The number of hydrogen-bond acceptors (Lipinski definition) is 3. The molecule has 25 heavy (non-hydrogen) atoms. The van der Waals surface area contributed by atoms with Crippen LogP contribution in [0.5, 0.6) is 0 Å². The van der Waals surface area contributed by atoms with Gasteiger partial charge in [0.25, 0.3) is 5.91 Å². The van der Waals surface area contributed by atoms with Gasteiger partial charge in [0.2, 0.25) is 5.91 Å². The molecule has 2 amide bonds. The van der Waals surface area contributed by atoms with Crippen LogP contribution in [0.25, 0.3) is 0 Å². The molecule has 3 N–H and O–H groups in total. The molecule has 0 aromatic heterocycles. The van der Waals surface area contributed by atoms with E-state index in [1.54, 1.807) is 24.3 Å². The van der Waals surface area contributed by atoms with Gasteiger partial charge in [-0.15, -0.1) is 0 Å². The first-order chi connectivity index (χ1) is 11.7. The number of amides is 2. The first-order valence-corrected chi connectivity index (χ1v) is 8.99. The highest BCUT2D eigenvalue weighted by Gasteiger charge is 2.26. The fourth-order valence-electron chi connectivity index (χ4n) is 2.44. The molecular formula is C19H29ClN2O3. The van der Waals surface area contributed by atoms with E-state index in [-0.39, 0.29) is 29.8 Å². The molecule has 0 bridgehead atoms. The van der Waals surface area contributed by atoms with Crippen molar-refractivity contribution in [3.05, 3.63) is 34.9 Å². The Morgan fingerprint density at radius 3 is 2.32 bits per heavy atom. The summed E-state index contributed by atoms with van der Waals surface area (Å²) in [5.41, 5.74) is 0.353. The first-order valence-electron chi connectivity index (χ1n) is 8.61. The summed E-state index contributed by atoms with van der Waals surface area (Å²) >= 11 is 5.83. The van der Waals surface area contributed by atoms with E-state index in [0.717, 1.165) is 6.42 Å². The molecule has 0 aliphatic rings. The molecule has 1 aromatic rings. The van der Waals surface area contributed by atoms with Gasteiger partial charge < -0.3 is 15.7 Å². The maximum absolute atomic E-state index is 12.5. The Kier molecular flexibility index (Phi) is 8.39. The summed E-state index contributed by atoms with van der Waals surface area (Å²) in [5.74, 6) is -0.545. The maximum Gasteiger partial charge on any atom is 0.251 e. The molecular weight excluding hydrogens is 340 g/mol. The van der Waals surface area contributed by atoms with Crippen molar-refractivity contribution in [3.63, 3.8) is 0 Å². The zero-order chi connectivity index (χ0) is 19.0. The van der Waals surface area contributed by atoms with E-state index in [9.17, 15) is 9.59 Å². The van der Waals surface area contributed by atoms with Gasteiger partial charge in [0.15, 0.2) is 0 Å². The number of rotatable bonds is 9. The molecule has 0 heterocycles. The lowest BCUT2D eigenvalue weighted by molar-refractivity contribution is -0.124. The van der Waals surface area contributed by atoms with Crippen LogP contribution in [-0.4, -0.2) is 36.1 Å². The summed E-state index contributed by atoms with van der Waals surface area (Å²) < 4.78 is 0. The average Bonchev–Trinajstić information content (AvgIpc) is 2.56. The van der Waals surface area contributed by atoms with Crippen LogP contribution in [0.15, 0.2) is 24.3 Å². The molecule has 5 nitrogen and oxygen atoms in total. The molecule has 0 saturated carbocycles. The van der Waals surface area contributed by atoms with Gasteiger partial charge in [-0.3, -0.25) is 9.59 Å². The Bertz CT molecular complexity index is 571. The zero-order valence-corrected chi connectivity index (χ0v) is 16.2. The van der Waals surface area contributed by atoms with Gasteiger partial charge in [-0.05, 0) is 48.4 Å². The summed E-state index contributed by atoms with van der Waals surface area (Å²) in [4.78, 5) is 24.9. The fourth-order valence-corrected chi connectivity index (χ4v) is 2.57. The summed E-state index contributed by atoms with van der Waals surface area (Å²) in [6.07, 6.45) is 1.51. The highest BCUT2D eigenvalue weighted by molar-refractivity contribution is 6.30. The minimum Gasteiger partial charge on any atom is -0.396 e. The van der Waals surface area contributed by atoms with E-state index in [1.165, 1.54) is 0 Å². The monoisotopic (exact) mass is 368 g/mol. The number of carbonyl (C=O) groups is 2. The summed E-state index contributed by atoms with van der Waals surface area (Å²) in [6.45, 7) is 8.50. The molecule has 6 heteroatoms. The van der Waals surface area contributed by atoms with Crippen LogP contribution in [0.4, 0.5) is 0 Å². The number of carbonyl (C=O) groups excluding carboxylic acids is 2. The Morgan fingerprint density at radius 2 is 1.80 bits per heavy atom. The number of halogens is 1. The predicted octanol–water partition coefficient (Wildman–Crippen LogP) is 3.01. The van der Waals surface area contributed by atoms with Crippen molar-refractivity contribution in [2.45, 2.75) is 46.6 Å². The minimum atomic E-state index is -0.614. The van der Waals surface area contributed by atoms with Gasteiger partial charge in [0, 0.05) is 23.7 Å². The van der Waals surface area contributed by atoms with Crippen LogP contribution in [0.3, 0.4) is 0 Å². The Balaban J connectivity index is 2.67. The quantitative estimate of drug-likeness (QED) is 0.627. The lowest BCUT2D eigenvalue weighted by Gasteiger charge is -2.27. The third-order valence-corrected chi connectivity index (χ3v) is 4.35. The van der Waals surface area contributed by atoms with Gasteiger partial charge in [0.1, 0.15) is 6.04 Å². The van der Waals surface area contributed by atoms with Gasteiger partial charge in [-0.1, -0.05) is 39.3 Å². The third kappa shape index (κ3) is 7.45. The predicted molar refractivity (Wildman–Crippen MR) is 101 cm³/mol. The number of aliphatic hydroxyl groups is 1. The van der Waals surface area contributed by atoms with Crippen LogP contribution >= 0.6 is 11.6 Å². The molecule has 1 aromatic carbocycles. The Morgan fingerprint density at radius 1 is 1.20 bits per heavy atom. The van der Waals surface area contributed by atoms with Gasteiger partial charge in [0.05, 0.1) is 0 Å². The topological polar surface area (TPSA) is 78.4 Å². The van der Waals surface area contributed by atoms with Crippen molar-refractivity contribution in [1.82, 2.24) is 10.6 Å². The molecule has 0 aliphatic carbocycles. The van der Waals surface area contributed by atoms with E-state index >= 15 is 0 Å². The highest BCUT2D eigenvalue weighted by Crippen LogP contribution is 2.21. The van der Waals surface area contributed by atoms with Crippen molar-refractivity contribution >= 4 is 23.4 Å². The molecule has 0 aliphatic heterocycles. The second kappa shape index (κ2) is 9.78. The van der Waals surface area contributed by atoms with Crippen LogP contribution in [0, 0.1) is 11.3 Å². The van der Waals surface area contributed by atoms with Crippen molar-refractivity contribution in [2.24, 2.45) is 11.3 Å². The summed E-state index contributed by atoms with van der Waals surface area (Å²) in [6, 6.07) is 5.93. The van der Waals surface area contributed by atoms with Crippen molar-refractivity contribution in [3.8, 4) is 0 Å². The van der Waals surface area contributed by atoms with E-state index in [0.29, 0.717) is 23.6 Å². The molecule has 140 valence electrons.